The van der Waals surface area contributed by atoms with Crippen molar-refractivity contribution in [2.75, 3.05) is 6.61 Å². The number of aromatic nitrogens is 3. The topological polar surface area (TPSA) is 110 Å². The average molecular weight is 409 g/mol. The Morgan fingerprint density at radius 2 is 2.07 bits per heavy atom. The number of aromatic amines is 1. The molecule has 0 spiro atoms. The van der Waals surface area contributed by atoms with Crippen molar-refractivity contribution in [3.8, 4) is 0 Å². The number of hydrogen-bond acceptors (Lipinski definition) is 5. The van der Waals surface area contributed by atoms with Crippen molar-refractivity contribution in [1.82, 2.24) is 14.7 Å². The Morgan fingerprint density at radius 1 is 1.33 bits per heavy atom. The van der Waals surface area contributed by atoms with Gasteiger partial charge in [-0.05, 0) is 49.7 Å². The first kappa shape index (κ1) is 17.9. The van der Waals surface area contributed by atoms with Gasteiger partial charge in [0.05, 0.1) is 12.2 Å². The Kier molecular flexibility index (Phi) is 3.25. The summed E-state index contributed by atoms with van der Waals surface area (Å²) >= 11 is 0. The molecule has 1 aliphatic heterocycles. The number of rotatable bonds is 4. The van der Waals surface area contributed by atoms with E-state index < -0.39 is 17.3 Å². The van der Waals surface area contributed by atoms with Gasteiger partial charge in [-0.1, -0.05) is 30.3 Å². The van der Waals surface area contributed by atoms with Crippen LogP contribution in [0.15, 0.2) is 33.6 Å². The van der Waals surface area contributed by atoms with Crippen LogP contribution in [0, 0.1) is 17.8 Å². The molecule has 3 fully saturated rings. The zero-order chi connectivity index (χ0) is 21.0. The van der Waals surface area contributed by atoms with E-state index in [1.165, 1.54) is 0 Å². The van der Waals surface area contributed by atoms with Crippen LogP contribution in [0.4, 0.5) is 0 Å². The Hall–Kier alpha value is -2.87. The van der Waals surface area contributed by atoms with Crippen molar-refractivity contribution in [1.29, 1.82) is 0 Å². The van der Waals surface area contributed by atoms with E-state index in [4.69, 9.17) is 9.26 Å². The highest BCUT2D eigenvalue weighted by molar-refractivity contribution is 5.99. The van der Waals surface area contributed by atoms with E-state index in [1.807, 2.05) is 35.8 Å². The molecule has 4 unspecified atom stereocenters. The minimum Gasteiger partial charge on any atom is -0.477 e. The van der Waals surface area contributed by atoms with E-state index in [-0.39, 0.29) is 17.4 Å². The molecule has 3 heterocycles. The zero-order valence-electron chi connectivity index (χ0n) is 17.0. The van der Waals surface area contributed by atoms with E-state index in [0.717, 1.165) is 16.5 Å². The second kappa shape index (κ2) is 5.43. The normalized spacial score (nSPS) is 33.6. The Balaban J connectivity index is 1.64. The van der Waals surface area contributed by atoms with Crippen molar-refractivity contribution < 1.29 is 19.2 Å². The lowest BCUT2D eigenvalue weighted by Crippen LogP contribution is -2.28. The minimum atomic E-state index is -0.964. The summed E-state index contributed by atoms with van der Waals surface area (Å²) < 4.78 is 12.6. The largest absolute Gasteiger partial charge is 0.477 e. The maximum absolute atomic E-state index is 12.7. The van der Waals surface area contributed by atoms with Gasteiger partial charge in [0.2, 0.25) is 0 Å². The summed E-state index contributed by atoms with van der Waals surface area (Å²) in [6, 6.07) is 7.82. The van der Waals surface area contributed by atoms with Crippen LogP contribution in [-0.4, -0.2) is 38.0 Å². The van der Waals surface area contributed by atoms with Gasteiger partial charge in [-0.25, -0.2) is 9.59 Å². The number of nitrogens with one attached hydrogen (secondary N) is 1. The van der Waals surface area contributed by atoms with Gasteiger partial charge in [0, 0.05) is 16.8 Å². The number of para-hydroxylation sites is 1. The van der Waals surface area contributed by atoms with Crippen LogP contribution in [0.25, 0.3) is 10.9 Å². The molecule has 8 nitrogen and oxygen atoms in total. The van der Waals surface area contributed by atoms with Gasteiger partial charge in [-0.15, -0.1) is 0 Å². The maximum atomic E-state index is 12.7. The van der Waals surface area contributed by atoms with Gasteiger partial charge in [-0.2, -0.15) is 0 Å². The molecular weight excluding hydrogens is 386 g/mol. The molecule has 2 aliphatic carbocycles. The smallest absolute Gasteiger partial charge is 0.438 e. The maximum Gasteiger partial charge on any atom is 0.438 e. The predicted molar refractivity (Wildman–Crippen MR) is 107 cm³/mol. The third-order valence-corrected chi connectivity index (χ3v) is 7.59. The standard InChI is InChI=1S/C22H23N3O5/c1-10-8-22(10,19-23-20(28)30-24-19)25-13-7-5-4-6-11(13)15(17(25)18(26)27)14-12-9-29-21(2,3)16(12)14/h4-7,10,12,14,16H,8-9H2,1-3H3,(H,26,27)(H,23,24,28)/t10-,12?,14?,16?,22?/m0/s1. The number of fused-ring (bicyclic) bond motifs is 2. The third-order valence-electron chi connectivity index (χ3n) is 7.59. The fraction of sp³-hybridized carbons (Fsp3) is 0.500. The van der Waals surface area contributed by atoms with Crippen LogP contribution in [0.2, 0.25) is 0 Å². The SMILES string of the molecule is C[C@H]1CC1(c1noc(=O)[nH]1)n1c(C(=O)O)c(C2C3COC(C)(C)C32)c2ccccc21. The molecule has 2 N–H and O–H groups in total. The predicted octanol–water partition coefficient (Wildman–Crippen LogP) is 2.94. The van der Waals surface area contributed by atoms with E-state index in [2.05, 4.69) is 24.0 Å². The molecule has 3 aliphatic rings. The van der Waals surface area contributed by atoms with Gasteiger partial charge in [0.1, 0.15) is 11.2 Å². The molecule has 0 amide bonds. The highest BCUT2D eigenvalue weighted by atomic mass is 16.5. The van der Waals surface area contributed by atoms with Gasteiger partial charge in [-0.3, -0.25) is 9.51 Å². The first-order chi connectivity index (χ1) is 14.3. The van der Waals surface area contributed by atoms with Crippen molar-refractivity contribution in [2.45, 2.75) is 44.2 Å². The number of H-pyrrole nitrogens is 1. The number of nitrogens with zero attached hydrogens (tertiary/aromatic N) is 2. The minimum absolute atomic E-state index is 0.110. The summed E-state index contributed by atoms with van der Waals surface area (Å²) in [5.41, 5.74) is 1.03. The van der Waals surface area contributed by atoms with Gasteiger partial charge < -0.3 is 14.4 Å². The van der Waals surface area contributed by atoms with E-state index in [1.54, 1.807) is 0 Å². The molecule has 30 heavy (non-hydrogen) atoms. The molecule has 0 bridgehead atoms. The van der Waals surface area contributed by atoms with Crippen molar-refractivity contribution >= 4 is 16.9 Å². The molecule has 0 radical (unpaired) electrons. The molecule has 2 saturated carbocycles. The number of carbonyl (C=O) groups is 1. The van der Waals surface area contributed by atoms with Crippen molar-refractivity contribution in [2.24, 2.45) is 17.8 Å². The quantitative estimate of drug-likeness (QED) is 0.686. The fourth-order valence-corrected chi connectivity index (χ4v) is 6.13. The molecule has 1 saturated heterocycles. The number of carboxylic acid groups (broad SMARTS) is 1. The number of carboxylic acids is 1. The van der Waals surface area contributed by atoms with Crippen LogP contribution in [-0.2, 0) is 10.3 Å². The number of aromatic carboxylic acids is 1. The first-order valence-corrected chi connectivity index (χ1v) is 10.3. The van der Waals surface area contributed by atoms with Crippen LogP contribution < -0.4 is 5.76 Å². The lowest BCUT2D eigenvalue weighted by molar-refractivity contribution is 0.00231. The van der Waals surface area contributed by atoms with Crippen LogP contribution >= 0.6 is 0 Å². The molecule has 1 aromatic carbocycles. The van der Waals surface area contributed by atoms with E-state index in [0.29, 0.717) is 36.4 Å². The lowest BCUT2D eigenvalue weighted by atomic mass is 9.96. The van der Waals surface area contributed by atoms with Gasteiger partial charge in [0.15, 0.2) is 5.82 Å². The molecule has 156 valence electrons. The first-order valence-electron chi connectivity index (χ1n) is 10.3. The highest BCUT2D eigenvalue weighted by Crippen LogP contribution is 2.67. The Morgan fingerprint density at radius 3 is 2.63 bits per heavy atom. The van der Waals surface area contributed by atoms with E-state index in [9.17, 15) is 14.7 Å². The summed E-state index contributed by atoms with van der Waals surface area (Å²) in [6.45, 7) is 6.86. The second-order valence-corrected chi connectivity index (χ2v) is 9.52. The summed E-state index contributed by atoms with van der Waals surface area (Å²) in [5, 5.41) is 15.3. The van der Waals surface area contributed by atoms with E-state index >= 15 is 0 Å². The van der Waals surface area contributed by atoms with Crippen molar-refractivity contribution in [3.63, 3.8) is 0 Å². The van der Waals surface area contributed by atoms with Crippen molar-refractivity contribution in [3.05, 3.63) is 51.9 Å². The molecule has 5 atom stereocenters. The third kappa shape index (κ3) is 2.07. The fourth-order valence-electron chi connectivity index (χ4n) is 6.13. The summed E-state index contributed by atoms with van der Waals surface area (Å²) in [5.74, 6) is -0.325. The number of hydrogen-bond donors (Lipinski definition) is 2. The molecule has 8 heteroatoms. The molecular formula is C22H23N3O5. The van der Waals surface area contributed by atoms with Gasteiger partial charge in [0.25, 0.3) is 0 Å². The lowest BCUT2D eigenvalue weighted by Gasteiger charge is -2.23. The van der Waals surface area contributed by atoms with Crippen LogP contribution in [0.1, 0.15) is 55.0 Å². The number of benzene rings is 1. The zero-order valence-corrected chi connectivity index (χ0v) is 17.0. The second-order valence-electron chi connectivity index (χ2n) is 9.52. The average Bonchev–Trinajstić information content (AvgIpc) is 3.40. The summed E-state index contributed by atoms with van der Waals surface area (Å²) in [4.78, 5) is 27.0. The monoisotopic (exact) mass is 409 g/mol. The molecule has 3 aromatic rings. The van der Waals surface area contributed by atoms with Crippen LogP contribution in [0.3, 0.4) is 0 Å². The summed E-state index contributed by atoms with van der Waals surface area (Å²) in [6.07, 6.45) is 0.681. The Labute approximate surface area is 171 Å². The van der Waals surface area contributed by atoms with Gasteiger partial charge >= 0.3 is 11.7 Å². The summed E-state index contributed by atoms with van der Waals surface area (Å²) in [7, 11) is 0. The highest BCUT2D eigenvalue weighted by Gasteiger charge is 2.66. The number of ether oxygens (including phenoxy) is 1. The van der Waals surface area contributed by atoms with Crippen LogP contribution in [0.5, 0.6) is 0 Å². The molecule has 6 rings (SSSR count). The Bertz CT molecular complexity index is 1270. The molecule has 2 aromatic heterocycles.